The van der Waals surface area contributed by atoms with E-state index in [1.807, 2.05) is 20.8 Å². The third kappa shape index (κ3) is 5.92. The highest BCUT2D eigenvalue weighted by Gasteiger charge is 2.65. The quantitative estimate of drug-likeness (QED) is 0.273. The highest BCUT2D eigenvalue weighted by Crippen LogP contribution is 2.69. The minimum Gasteiger partial charge on any atom is -0.446 e. The molecule has 0 aromatic rings. The van der Waals surface area contributed by atoms with E-state index in [0.717, 1.165) is 25.7 Å². The topological polar surface area (TPSA) is 145 Å². The first-order valence-electron chi connectivity index (χ1n) is 12.5. The van der Waals surface area contributed by atoms with Crippen LogP contribution < -0.4 is 10.6 Å². The van der Waals surface area contributed by atoms with Gasteiger partial charge in [-0.25, -0.2) is 4.79 Å². The molecule has 0 spiro atoms. The fourth-order valence-electron chi connectivity index (χ4n) is 5.25. The fourth-order valence-corrected chi connectivity index (χ4v) is 7.31. The number of amides is 3. The van der Waals surface area contributed by atoms with Crippen molar-refractivity contribution < 1.29 is 33.7 Å². The number of likely N-dealkylation sites (tertiary alicyclic amines) is 1. The van der Waals surface area contributed by atoms with Crippen molar-refractivity contribution in [3.8, 4) is 0 Å². The van der Waals surface area contributed by atoms with Gasteiger partial charge in [0.25, 0.3) is 0 Å². The van der Waals surface area contributed by atoms with Crippen molar-refractivity contribution in [2.75, 3.05) is 19.3 Å². The molecule has 11 heteroatoms. The molecule has 2 saturated carbocycles. The second-order valence-electron chi connectivity index (χ2n) is 11.1. The summed E-state index contributed by atoms with van der Waals surface area (Å²) in [6.45, 7) is 9.06. The summed E-state index contributed by atoms with van der Waals surface area (Å²) in [5.74, 6) is -1.27. The van der Waals surface area contributed by atoms with Crippen LogP contribution in [-0.2, 0) is 18.9 Å². The molecule has 1 saturated heterocycles. The molecule has 0 radical (unpaired) electrons. The van der Waals surface area contributed by atoms with Crippen molar-refractivity contribution in [3.63, 3.8) is 0 Å². The van der Waals surface area contributed by atoms with Crippen LogP contribution in [0, 0.1) is 11.3 Å². The normalized spacial score (nSPS) is 29.2. The predicted octanol–water partition coefficient (Wildman–Crippen LogP) is 2.34. The Balaban J connectivity index is 1.73. The number of hydrogen-bond acceptors (Lipinski definition) is 6. The summed E-state index contributed by atoms with van der Waals surface area (Å²) in [7, 11) is -3.90. The van der Waals surface area contributed by atoms with E-state index in [0.29, 0.717) is 19.4 Å². The number of ether oxygens (including phenoxy) is 1. The zero-order valence-corrected chi connectivity index (χ0v) is 21.9. The van der Waals surface area contributed by atoms with E-state index in [1.54, 1.807) is 0 Å². The van der Waals surface area contributed by atoms with Gasteiger partial charge in [0, 0.05) is 18.6 Å². The zero-order valence-electron chi connectivity index (χ0n) is 21.0. The Morgan fingerprint density at radius 1 is 1.23 bits per heavy atom. The molecular formula is C24H40N3O7P. The minimum absolute atomic E-state index is 0.142. The second-order valence-corrected chi connectivity index (χ2v) is 13.7. The van der Waals surface area contributed by atoms with Crippen LogP contribution in [0.2, 0.25) is 0 Å². The number of nitrogens with one attached hydrogen (secondary N) is 2. The van der Waals surface area contributed by atoms with Crippen LogP contribution in [0.3, 0.4) is 0 Å². The maximum atomic E-state index is 13.6. The highest BCUT2D eigenvalue weighted by atomic mass is 31.2. The first-order chi connectivity index (χ1) is 16.4. The van der Waals surface area contributed by atoms with Crippen molar-refractivity contribution in [2.24, 2.45) is 11.3 Å². The van der Waals surface area contributed by atoms with Gasteiger partial charge in [0.05, 0.1) is 6.61 Å². The summed E-state index contributed by atoms with van der Waals surface area (Å²) in [4.78, 5) is 51.5. The van der Waals surface area contributed by atoms with Gasteiger partial charge in [-0.05, 0) is 50.4 Å². The maximum absolute atomic E-state index is 13.6. The summed E-state index contributed by atoms with van der Waals surface area (Å²) < 4.78 is 18.4. The summed E-state index contributed by atoms with van der Waals surface area (Å²) in [6.07, 6.45) is 5.34. The van der Waals surface area contributed by atoms with E-state index in [4.69, 9.17) is 4.74 Å². The molecule has 35 heavy (non-hydrogen) atoms. The first-order valence-corrected chi connectivity index (χ1v) is 14.4. The molecule has 1 heterocycles. The summed E-state index contributed by atoms with van der Waals surface area (Å²) >= 11 is 0. The highest BCUT2D eigenvalue weighted by molar-refractivity contribution is 7.60. The lowest BCUT2D eigenvalue weighted by atomic mass is 9.85. The van der Waals surface area contributed by atoms with Gasteiger partial charge in [0.1, 0.15) is 23.5 Å². The molecule has 1 aliphatic heterocycles. The van der Waals surface area contributed by atoms with E-state index >= 15 is 0 Å². The molecule has 3 fully saturated rings. The van der Waals surface area contributed by atoms with Crippen molar-refractivity contribution in [1.29, 1.82) is 0 Å². The fraction of sp³-hybridized carbons (Fsp3) is 0.792. The Kier molecular flexibility index (Phi) is 8.39. The number of carbonyl (C=O) groups is 3. The molecular weight excluding hydrogens is 473 g/mol. The lowest BCUT2D eigenvalue weighted by Crippen LogP contribution is -2.58. The largest absolute Gasteiger partial charge is 0.446 e. The molecule has 3 rings (SSSR count). The Labute approximate surface area is 207 Å². The monoisotopic (exact) mass is 513 g/mol. The number of alkyl carbamates (subject to hydrolysis) is 1. The Bertz CT molecular complexity index is 883. The third-order valence-electron chi connectivity index (χ3n) is 7.42. The van der Waals surface area contributed by atoms with Crippen molar-refractivity contribution in [2.45, 2.75) is 89.2 Å². The number of nitrogens with zero attached hydrogens (tertiary/aromatic N) is 1. The molecule has 0 aromatic heterocycles. The van der Waals surface area contributed by atoms with Crippen LogP contribution in [0.4, 0.5) is 4.79 Å². The van der Waals surface area contributed by atoms with Gasteiger partial charge >= 0.3 is 6.09 Å². The number of carbonyl (C=O) groups excluding carboxylic acids is 3. The Morgan fingerprint density at radius 3 is 2.43 bits per heavy atom. The number of aliphatic hydroxyl groups excluding tert-OH is 1. The molecule has 1 unspecified atom stereocenters. The van der Waals surface area contributed by atoms with Crippen LogP contribution in [0.5, 0.6) is 0 Å². The number of aliphatic hydroxyl groups is 1. The van der Waals surface area contributed by atoms with Crippen LogP contribution in [-0.4, -0.2) is 75.6 Å². The van der Waals surface area contributed by atoms with E-state index < -0.39 is 48.8 Å². The molecule has 3 aliphatic rings. The summed E-state index contributed by atoms with van der Waals surface area (Å²) in [5.41, 5.74) is -0.636. The van der Waals surface area contributed by atoms with E-state index in [1.165, 1.54) is 11.0 Å². The lowest BCUT2D eigenvalue weighted by Gasteiger charge is -2.36. The van der Waals surface area contributed by atoms with Gasteiger partial charge in [-0.1, -0.05) is 26.8 Å². The molecule has 3 amide bonds. The molecule has 4 N–H and O–H groups in total. The van der Waals surface area contributed by atoms with E-state index in [-0.39, 0.29) is 30.5 Å². The molecule has 5 atom stereocenters. The summed E-state index contributed by atoms with van der Waals surface area (Å²) in [5, 5.41) is 13.4. The first kappa shape index (κ1) is 27.7. The lowest BCUT2D eigenvalue weighted by molar-refractivity contribution is -0.142. The summed E-state index contributed by atoms with van der Waals surface area (Å²) in [6, 6.07) is -1.73. The number of rotatable bonds is 9. The van der Waals surface area contributed by atoms with Crippen LogP contribution in [0.1, 0.15) is 65.7 Å². The molecule has 10 nitrogen and oxygen atoms in total. The van der Waals surface area contributed by atoms with Crippen molar-refractivity contribution in [3.05, 3.63) is 12.7 Å². The predicted molar refractivity (Wildman–Crippen MR) is 131 cm³/mol. The van der Waals surface area contributed by atoms with Crippen LogP contribution in [0.15, 0.2) is 12.7 Å². The average molecular weight is 514 g/mol. The Hall–Kier alpha value is -1.90. The van der Waals surface area contributed by atoms with Gasteiger partial charge < -0.3 is 30.3 Å². The van der Waals surface area contributed by atoms with Crippen LogP contribution >= 0.6 is 7.37 Å². The second kappa shape index (κ2) is 10.6. The average Bonchev–Trinajstić information content (AvgIpc) is 3.11. The minimum atomic E-state index is -3.90. The third-order valence-corrected chi connectivity index (χ3v) is 10.1. The molecule has 0 aromatic carbocycles. The zero-order chi connectivity index (χ0) is 26.0. The molecule has 0 bridgehead atoms. The van der Waals surface area contributed by atoms with E-state index in [9.17, 15) is 28.9 Å². The number of hydrogen-bond donors (Lipinski definition) is 4. The molecule has 198 valence electrons. The molecule has 2 aliphatic carbocycles. The van der Waals surface area contributed by atoms with Crippen LogP contribution in [0.25, 0.3) is 0 Å². The van der Waals surface area contributed by atoms with E-state index in [2.05, 4.69) is 17.2 Å². The smallest absolute Gasteiger partial charge is 0.408 e. The SMILES string of the molecule is C=C[C@@H]1C[C@]1(NC(=O)[C@@H]1CCCN1C(=O)[C@@H](NC(=O)OC1CCCC1)C(C)(C)C)P(=O)(O)CCO. The maximum Gasteiger partial charge on any atom is 0.408 e. The van der Waals surface area contributed by atoms with Crippen molar-refractivity contribution >= 4 is 25.3 Å². The van der Waals surface area contributed by atoms with Gasteiger partial charge in [0.2, 0.25) is 19.2 Å². The standard InChI is InChI=1S/C24H40N3O7P/c1-5-16-15-24(16,35(32,33)14-13-28)26-20(29)18-11-8-12-27(18)21(30)19(23(2,3)4)25-22(31)34-17-9-6-7-10-17/h5,16-19,28H,1,6-15H2,2-4H3,(H,25,31)(H,26,29)(H,32,33)/t16-,18+,19-,24+/m1/s1. The van der Waals surface area contributed by atoms with Crippen molar-refractivity contribution in [1.82, 2.24) is 15.5 Å². The van der Waals surface area contributed by atoms with Gasteiger partial charge in [-0.2, -0.15) is 0 Å². The van der Waals surface area contributed by atoms with Gasteiger partial charge in [0.15, 0.2) is 0 Å². The van der Waals surface area contributed by atoms with Gasteiger partial charge in [-0.3, -0.25) is 14.2 Å². The van der Waals surface area contributed by atoms with Gasteiger partial charge in [-0.15, -0.1) is 6.58 Å². The Morgan fingerprint density at radius 2 is 1.89 bits per heavy atom.